The van der Waals surface area contributed by atoms with Gasteiger partial charge in [0.05, 0.1) is 0 Å². The molecule has 1 fully saturated rings. The summed E-state index contributed by atoms with van der Waals surface area (Å²) in [6.07, 6.45) is 2.72. The van der Waals surface area contributed by atoms with Crippen LogP contribution in [0, 0.1) is 0 Å². The lowest BCUT2D eigenvalue weighted by molar-refractivity contribution is -0.151. The van der Waals surface area contributed by atoms with Gasteiger partial charge in [0.25, 0.3) is 0 Å². The minimum atomic E-state index is -0.720. The largest absolute Gasteiger partial charge is 0.480 e. The van der Waals surface area contributed by atoms with E-state index in [0.29, 0.717) is 12.5 Å². The highest BCUT2D eigenvalue weighted by atomic mass is 16.4. The standard InChI is InChI=1S/C11H22N2O2/c1-4-11(2,10(14)15)13(3)9-5-7-12-8-6-9/h9,12H,4-8H2,1-3H3,(H,14,15). The molecule has 1 heterocycles. The Morgan fingerprint density at radius 2 is 2.07 bits per heavy atom. The lowest BCUT2D eigenvalue weighted by atomic mass is 9.92. The second-order valence-electron chi connectivity index (χ2n) is 4.52. The number of nitrogens with one attached hydrogen (secondary N) is 1. The van der Waals surface area contributed by atoms with Crippen LogP contribution in [0.5, 0.6) is 0 Å². The third kappa shape index (κ3) is 2.49. The highest BCUT2D eigenvalue weighted by Gasteiger charge is 2.39. The molecule has 0 aliphatic carbocycles. The summed E-state index contributed by atoms with van der Waals surface area (Å²) in [7, 11) is 1.94. The van der Waals surface area contributed by atoms with Crippen LogP contribution in [0.3, 0.4) is 0 Å². The summed E-state index contributed by atoms with van der Waals surface area (Å²) in [4.78, 5) is 13.3. The fourth-order valence-electron chi connectivity index (χ4n) is 2.15. The minimum absolute atomic E-state index is 0.396. The van der Waals surface area contributed by atoms with Gasteiger partial charge in [0, 0.05) is 6.04 Å². The van der Waals surface area contributed by atoms with Gasteiger partial charge in [-0.25, -0.2) is 0 Å². The first kappa shape index (κ1) is 12.5. The molecule has 1 rings (SSSR count). The highest BCUT2D eigenvalue weighted by Crippen LogP contribution is 2.24. The van der Waals surface area contributed by atoms with E-state index in [9.17, 15) is 9.90 Å². The van der Waals surface area contributed by atoms with Crippen LogP contribution in [0.25, 0.3) is 0 Å². The number of hydrogen-bond acceptors (Lipinski definition) is 3. The quantitative estimate of drug-likeness (QED) is 0.731. The van der Waals surface area contributed by atoms with Gasteiger partial charge in [-0.2, -0.15) is 0 Å². The highest BCUT2D eigenvalue weighted by molar-refractivity contribution is 5.78. The smallest absolute Gasteiger partial charge is 0.323 e. The predicted molar refractivity (Wildman–Crippen MR) is 60.0 cm³/mol. The first-order valence-electron chi connectivity index (χ1n) is 5.69. The van der Waals surface area contributed by atoms with E-state index in [4.69, 9.17) is 0 Å². The third-order valence-corrected chi connectivity index (χ3v) is 3.78. The summed E-state index contributed by atoms with van der Waals surface area (Å²) in [5.41, 5.74) is -0.720. The zero-order chi connectivity index (χ0) is 11.5. The molecule has 0 spiro atoms. The molecule has 0 aromatic heterocycles. The maximum atomic E-state index is 11.3. The summed E-state index contributed by atoms with van der Waals surface area (Å²) < 4.78 is 0. The van der Waals surface area contributed by atoms with Crippen molar-refractivity contribution >= 4 is 5.97 Å². The van der Waals surface area contributed by atoms with Crippen molar-refractivity contribution in [1.82, 2.24) is 10.2 Å². The lowest BCUT2D eigenvalue weighted by Crippen LogP contribution is -2.56. The fourth-order valence-corrected chi connectivity index (χ4v) is 2.15. The Hall–Kier alpha value is -0.610. The first-order chi connectivity index (χ1) is 7.02. The maximum Gasteiger partial charge on any atom is 0.323 e. The Bertz CT molecular complexity index is 227. The van der Waals surface area contributed by atoms with Gasteiger partial charge in [0.1, 0.15) is 5.54 Å². The average Bonchev–Trinajstić information content (AvgIpc) is 2.28. The summed E-state index contributed by atoms with van der Waals surface area (Å²) >= 11 is 0. The van der Waals surface area contributed by atoms with Crippen molar-refractivity contribution in [3.8, 4) is 0 Å². The molecule has 1 atom stereocenters. The molecule has 0 saturated carbocycles. The van der Waals surface area contributed by atoms with Crippen LogP contribution in [0.1, 0.15) is 33.1 Å². The van der Waals surface area contributed by atoms with Gasteiger partial charge in [0.15, 0.2) is 0 Å². The number of carbonyl (C=O) groups is 1. The van der Waals surface area contributed by atoms with E-state index in [-0.39, 0.29) is 0 Å². The molecule has 1 saturated heterocycles. The SMILES string of the molecule is CCC(C)(C(=O)O)N(C)C1CCNCC1. The topological polar surface area (TPSA) is 52.6 Å². The Balaban J connectivity index is 2.70. The molecule has 4 heteroatoms. The Kier molecular flexibility index (Phi) is 4.11. The van der Waals surface area contributed by atoms with Crippen molar-refractivity contribution in [1.29, 1.82) is 0 Å². The summed E-state index contributed by atoms with van der Waals surface area (Å²) in [5, 5.41) is 12.6. The summed E-state index contributed by atoms with van der Waals surface area (Å²) in [6, 6.07) is 0.396. The molecule has 0 amide bonds. The maximum absolute atomic E-state index is 11.3. The average molecular weight is 214 g/mol. The molecule has 0 bridgehead atoms. The van der Waals surface area contributed by atoms with E-state index in [1.807, 2.05) is 25.8 Å². The third-order valence-electron chi connectivity index (χ3n) is 3.78. The Morgan fingerprint density at radius 1 is 1.53 bits per heavy atom. The van der Waals surface area contributed by atoms with Gasteiger partial charge in [0.2, 0.25) is 0 Å². The van der Waals surface area contributed by atoms with Gasteiger partial charge in [-0.05, 0) is 46.3 Å². The molecule has 2 N–H and O–H groups in total. The van der Waals surface area contributed by atoms with E-state index >= 15 is 0 Å². The monoisotopic (exact) mass is 214 g/mol. The number of carboxylic acids is 1. The van der Waals surface area contributed by atoms with Crippen molar-refractivity contribution in [2.75, 3.05) is 20.1 Å². The second kappa shape index (κ2) is 4.94. The number of aliphatic carboxylic acids is 1. The summed E-state index contributed by atoms with van der Waals surface area (Å²) in [6.45, 7) is 5.74. The molecule has 1 aliphatic heterocycles. The lowest BCUT2D eigenvalue weighted by Gasteiger charge is -2.41. The molecule has 4 nitrogen and oxygen atoms in total. The van der Waals surface area contributed by atoms with Crippen LogP contribution in [-0.4, -0.2) is 47.7 Å². The molecule has 0 aromatic carbocycles. The van der Waals surface area contributed by atoms with Crippen molar-refractivity contribution in [2.45, 2.75) is 44.7 Å². The Labute approximate surface area is 91.6 Å². The van der Waals surface area contributed by atoms with Gasteiger partial charge >= 0.3 is 5.97 Å². The van der Waals surface area contributed by atoms with Crippen molar-refractivity contribution in [3.05, 3.63) is 0 Å². The number of piperidine rings is 1. The molecule has 0 radical (unpaired) electrons. The zero-order valence-electron chi connectivity index (χ0n) is 9.92. The number of rotatable bonds is 4. The van der Waals surface area contributed by atoms with Crippen LogP contribution >= 0.6 is 0 Å². The van der Waals surface area contributed by atoms with E-state index in [0.717, 1.165) is 25.9 Å². The number of likely N-dealkylation sites (N-methyl/N-ethyl adjacent to an activating group) is 1. The van der Waals surface area contributed by atoms with Crippen molar-refractivity contribution in [2.24, 2.45) is 0 Å². The van der Waals surface area contributed by atoms with Gasteiger partial charge in [-0.3, -0.25) is 9.69 Å². The van der Waals surface area contributed by atoms with Gasteiger partial charge < -0.3 is 10.4 Å². The molecule has 1 aliphatic rings. The molecule has 0 aromatic rings. The van der Waals surface area contributed by atoms with Crippen molar-refractivity contribution in [3.63, 3.8) is 0 Å². The molecule has 15 heavy (non-hydrogen) atoms. The number of carboxylic acid groups (broad SMARTS) is 1. The molecular weight excluding hydrogens is 192 g/mol. The van der Waals surface area contributed by atoms with Crippen molar-refractivity contribution < 1.29 is 9.90 Å². The zero-order valence-corrected chi connectivity index (χ0v) is 9.92. The van der Waals surface area contributed by atoms with Crippen LogP contribution in [0.15, 0.2) is 0 Å². The number of nitrogens with zero attached hydrogens (tertiary/aromatic N) is 1. The fraction of sp³-hybridized carbons (Fsp3) is 0.909. The van der Waals surface area contributed by atoms with Crippen LogP contribution < -0.4 is 5.32 Å². The van der Waals surface area contributed by atoms with Crippen LogP contribution in [0.4, 0.5) is 0 Å². The minimum Gasteiger partial charge on any atom is -0.480 e. The van der Waals surface area contributed by atoms with E-state index < -0.39 is 11.5 Å². The van der Waals surface area contributed by atoms with E-state index in [1.165, 1.54) is 0 Å². The van der Waals surface area contributed by atoms with E-state index in [1.54, 1.807) is 0 Å². The van der Waals surface area contributed by atoms with Crippen LogP contribution in [0.2, 0.25) is 0 Å². The Morgan fingerprint density at radius 3 is 2.47 bits per heavy atom. The first-order valence-corrected chi connectivity index (χ1v) is 5.69. The molecular formula is C11H22N2O2. The van der Waals surface area contributed by atoms with E-state index in [2.05, 4.69) is 5.32 Å². The van der Waals surface area contributed by atoms with Gasteiger partial charge in [-0.15, -0.1) is 0 Å². The molecule has 88 valence electrons. The number of hydrogen-bond donors (Lipinski definition) is 2. The normalized spacial score (nSPS) is 22.7. The molecule has 1 unspecified atom stereocenters. The predicted octanol–water partition coefficient (Wildman–Crippen LogP) is 0.923. The second-order valence-corrected chi connectivity index (χ2v) is 4.52. The van der Waals surface area contributed by atoms with Gasteiger partial charge in [-0.1, -0.05) is 6.92 Å². The van der Waals surface area contributed by atoms with Crippen LogP contribution in [-0.2, 0) is 4.79 Å². The summed E-state index contributed by atoms with van der Waals surface area (Å²) in [5.74, 6) is -0.717.